The molecule has 0 bridgehead atoms. The molecule has 1 aliphatic carbocycles. The minimum absolute atomic E-state index is 0.125. The lowest BCUT2D eigenvalue weighted by atomic mass is 9.90. The third-order valence-corrected chi connectivity index (χ3v) is 5.71. The van der Waals surface area contributed by atoms with E-state index >= 15 is 0 Å². The van der Waals surface area contributed by atoms with Crippen LogP contribution in [0.3, 0.4) is 0 Å². The lowest BCUT2D eigenvalue weighted by Gasteiger charge is -2.40. The fourth-order valence-electron chi connectivity index (χ4n) is 2.22. The van der Waals surface area contributed by atoms with Crippen LogP contribution < -0.4 is 0 Å². The summed E-state index contributed by atoms with van der Waals surface area (Å²) in [5.74, 6) is 3.88. The Morgan fingerprint density at radius 1 is 1.25 bits per heavy atom. The van der Waals surface area contributed by atoms with Crippen molar-refractivity contribution in [3.8, 4) is 0 Å². The topological polar surface area (TPSA) is 29.5 Å². The van der Waals surface area contributed by atoms with E-state index in [0.717, 1.165) is 12.8 Å². The van der Waals surface area contributed by atoms with Gasteiger partial charge in [0.05, 0.1) is 11.7 Å². The molecule has 0 aromatic carbocycles. The predicted molar refractivity (Wildman–Crippen MR) is 89.6 cm³/mol. The van der Waals surface area contributed by atoms with E-state index in [1.807, 2.05) is 4.31 Å². The molecule has 3 nitrogen and oxygen atoms in total. The number of nitrogens with zero attached hydrogens (tertiary/aromatic N) is 1. The van der Waals surface area contributed by atoms with Crippen LogP contribution in [0, 0.1) is 5.41 Å². The molecule has 2 atom stereocenters. The summed E-state index contributed by atoms with van der Waals surface area (Å²) in [6.45, 7) is 15.7. The minimum Gasteiger partial charge on any atom is -0.370 e. The zero-order valence-electron chi connectivity index (χ0n) is 14.6. The Bertz CT molecular complexity index is 436. The van der Waals surface area contributed by atoms with Crippen LogP contribution in [0.15, 0.2) is 0 Å². The zero-order valence-corrected chi connectivity index (χ0v) is 15.4. The lowest BCUT2D eigenvalue weighted by Crippen LogP contribution is -2.50. The van der Waals surface area contributed by atoms with Gasteiger partial charge in [-0.25, -0.2) is 4.31 Å². The van der Waals surface area contributed by atoms with Gasteiger partial charge in [0, 0.05) is 28.0 Å². The highest BCUT2D eigenvalue weighted by Crippen LogP contribution is 2.44. The summed E-state index contributed by atoms with van der Waals surface area (Å²) < 4.78 is 20.8. The molecule has 1 aliphatic rings. The molecule has 0 aromatic rings. The highest BCUT2D eigenvalue weighted by Gasteiger charge is 2.49. The molecule has 120 valence electrons. The fraction of sp³-hybridized carbons (Fsp3) is 0.938. The lowest BCUT2D eigenvalue weighted by molar-refractivity contribution is -0.0798. The first-order chi connectivity index (χ1) is 8.67. The average Bonchev–Trinajstić information content (AvgIpc) is 2.90. The summed E-state index contributed by atoms with van der Waals surface area (Å²) in [6, 6.07) is 0. The second kappa shape index (κ2) is 5.29. The molecule has 1 fully saturated rings. The Morgan fingerprint density at radius 3 is 1.95 bits per heavy atom. The van der Waals surface area contributed by atoms with Gasteiger partial charge in [-0.2, -0.15) is 0 Å². The smallest absolute Gasteiger partial charge is 0.0825 e. The van der Waals surface area contributed by atoms with Crippen molar-refractivity contribution in [1.29, 1.82) is 0 Å². The number of hydrogen-bond donors (Lipinski definition) is 0. The highest BCUT2D eigenvalue weighted by molar-refractivity contribution is 7.97. The summed E-state index contributed by atoms with van der Waals surface area (Å²) in [5, 5.41) is 0. The summed E-state index contributed by atoms with van der Waals surface area (Å²) in [5.41, 5.74) is -0.173. The first-order valence-corrected chi connectivity index (χ1v) is 9.54. The zero-order chi connectivity index (χ0) is 16.0. The molecular weight excluding hydrogens is 270 g/mol. The molecule has 1 rings (SSSR count). The van der Waals surface area contributed by atoms with Crippen LogP contribution in [0.5, 0.6) is 0 Å². The maximum Gasteiger partial charge on any atom is 0.0825 e. The first kappa shape index (κ1) is 18.0. The Kier molecular flexibility index (Phi) is 4.76. The monoisotopic (exact) mass is 303 g/mol. The van der Waals surface area contributed by atoms with E-state index in [9.17, 15) is 4.21 Å². The van der Waals surface area contributed by atoms with Crippen molar-refractivity contribution in [3.63, 3.8) is 0 Å². The van der Waals surface area contributed by atoms with E-state index in [1.165, 1.54) is 0 Å². The maximum absolute atomic E-state index is 12.5. The molecule has 0 saturated heterocycles. The maximum atomic E-state index is 12.5. The first-order valence-electron chi connectivity index (χ1n) is 7.45. The van der Waals surface area contributed by atoms with Gasteiger partial charge in [0.25, 0.3) is 0 Å². The van der Waals surface area contributed by atoms with Crippen LogP contribution in [0.1, 0.15) is 61.3 Å². The van der Waals surface area contributed by atoms with Crippen molar-refractivity contribution < 1.29 is 8.95 Å². The number of rotatable bonds is 5. The fourth-order valence-corrected chi connectivity index (χ4v) is 3.89. The number of ether oxygens (including phenoxy) is 1. The molecule has 0 aromatic heterocycles. The molecule has 0 heterocycles. The van der Waals surface area contributed by atoms with E-state index in [4.69, 9.17) is 4.74 Å². The second-order valence-electron chi connectivity index (χ2n) is 8.48. The third kappa shape index (κ3) is 4.74. The molecule has 0 spiro atoms. The molecule has 0 aliphatic heterocycles. The van der Waals surface area contributed by atoms with Gasteiger partial charge in [-0.1, -0.05) is 20.8 Å². The number of hydrogen-bond acceptors (Lipinski definition) is 2. The van der Waals surface area contributed by atoms with Gasteiger partial charge in [-0.3, -0.25) is 4.21 Å². The Labute approximate surface area is 126 Å². The normalized spacial score (nSPS) is 23.4. The molecule has 4 heteroatoms. The molecule has 0 N–H and O–H groups in total. The predicted octanol–water partition coefficient (Wildman–Crippen LogP) is 3.33. The Hall–Kier alpha value is -0.0600. The SMILES string of the molecule is C=S(C)(=O)N(CC1(O[C@@H](C)C(C)(C)C)CC1)C(C)(C)C. The Balaban J connectivity index is 2.85. The van der Waals surface area contributed by atoms with Crippen LogP contribution in [0.25, 0.3) is 0 Å². The standard InChI is InChI=1S/C16H33NO2S/c1-13(14(2,3)4)19-16(10-11-16)12-17(15(5,6)7)20(8,9)18/h13H,8,10-12H2,1-7,9H3/t13-,20?/m0/s1. The average molecular weight is 304 g/mol. The molecule has 0 radical (unpaired) electrons. The molecule has 0 amide bonds. The van der Waals surface area contributed by atoms with Gasteiger partial charge in [-0.15, -0.1) is 0 Å². The van der Waals surface area contributed by atoms with Crippen molar-refractivity contribution in [2.45, 2.75) is 78.6 Å². The van der Waals surface area contributed by atoms with E-state index in [1.54, 1.807) is 6.26 Å². The van der Waals surface area contributed by atoms with E-state index in [-0.39, 0.29) is 22.7 Å². The highest BCUT2D eigenvalue weighted by atomic mass is 32.2. The van der Waals surface area contributed by atoms with Crippen molar-refractivity contribution in [2.24, 2.45) is 5.41 Å². The van der Waals surface area contributed by atoms with Crippen LogP contribution in [-0.4, -0.2) is 44.4 Å². The van der Waals surface area contributed by atoms with Gasteiger partial charge in [-0.05, 0) is 51.8 Å². The third-order valence-electron chi connectivity index (χ3n) is 4.10. The van der Waals surface area contributed by atoms with Crippen LogP contribution in [0.4, 0.5) is 0 Å². The summed E-state index contributed by atoms with van der Waals surface area (Å²) >= 11 is 0. The van der Waals surface area contributed by atoms with E-state index < -0.39 is 9.71 Å². The second-order valence-corrected chi connectivity index (χ2v) is 10.8. The quantitative estimate of drug-likeness (QED) is 0.729. The van der Waals surface area contributed by atoms with Gasteiger partial charge in [0.1, 0.15) is 0 Å². The summed E-state index contributed by atoms with van der Waals surface area (Å²) in [4.78, 5) is 0. The van der Waals surface area contributed by atoms with Crippen LogP contribution in [0.2, 0.25) is 0 Å². The molecule has 1 unspecified atom stereocenters. The largest absolute Gasteiger partial charge is 0.370 e. The van der Waals surface area contributed by atoms with Gasteiger partial charge < -0.3 is 4.74 Å². The summed E-state index contributed by atoms with van der Waals surface area (Å²) in [7, 11) is -2.23. The Morgan fingerprint density at radius 2 is 1.70 bits per heavy atom. The van der Waals surface area contributed by atoms with Crippen molar-refractivity contribution in [3.05, 3.63) is 0 Å². The van der Waals surface area contributed by atoms with Gasteiger partial charge in [0.15, 0.2) is 0 Å². The van der Waals surface area contributed by atoms with Crippen molar-refractivity contribution in [2.75, 3.05) is 12.8 Å². The van der Waals surface area contributed by atoms with E-state index in [2.05, 4.69) is 54.3 Å². The minimum atomic E-state index is -2.23. The molecule has 20 heavy (non-hydrogen) atoms. The van der Waals surface area contributed by atoms with Crippen molar-refractivity contribution >= 4 is 15.6 Å². The van der Waals surface area contributed by atoms with Crippen LogP contribution in [-0.2, 0) is 14.4 Å². The van der Waals surface area contributed by atoms with Gasteiger partial charge in [0.2, 0.25) is 0 Å². The summed E-state index contributed by atoms with van der Waals surface area (Å²) in [6.07, 6.45) is 4.01. The molecule has 1 saturated carbocycles. The molecular formula is C16H33NO2S. The van der Waals surface area contributed by atoms with Crippen molar-refractivity contribution in [1.82, 2.24) is 4.31 Å². The van der Waals surface area contributed by atoms with E-state index in [0.29, 0.717) is 6.54 Å². The van der Waals surface area contributed by atoms with Gasteiger partial charge >= 0.3 is 0 Å². The van der Waals surface area contributed by atoms with Crippen LogP contribution >= 0.6 is 0 Å².